The van der Waals surface area contributed by atoms with Crippen molar-refractivity contribution in [3.05, 3.63) is 22.7 Å². The van der Waals surface area contributed by atoms with Crippen LogP contribution in [0.25, 0.3) is 0 Å². The molecule has 106 valence electrons. The molecule has 0 saturated carbocycles. The van der Waals surface area contributed by atoms with Crippen LogP contribution < -0.4 is 4.74 Å². The first-order valence-corrected chi connectivity index (χ1v) is 6.76. The summed E-state index contributed by atoms with van der Waals surface area (Å²) in [7, 11) is 3.16. The Morgan fingerprint density at radius 2 is 2.16 bits per heavy atom. The second kappa shape index (κ2) is 7.46. The zero-order valence-corrected chi connectivity index (χ0v) is 12.5. The Bertz CT molecular complexity index is 452. The number of hydrogen-bond acceptors (Lipinski definition) is 3. The van der Waals surface area contributed by atoms with E-state index in [2.05, 4.69) is 0 Å². The van der Waals surface area contributed by atoms with E-state index in [0.29, 0.717) is 31.0 Å². The summed E-state index contributed by atoms with van der Waals surface area (Å²) in [6.45, 7) is 0.400. The van der Waals surface area contributed by atoms with Gasteiger partial charge in [-0.15, -0.1) is 11.6 Å². The van der Waals surface area contributed by atoms with E-state index >= 15 is 0 Å². The van der Waals surface area contributed by atoms with Gasteiger partial charge in [0.1, 0.15) is 0 Å². The van der Waals surface area contributed by atoms with Crippen molar-refractivity contribution in [2.45, 2.75) is 19.4 Å². The van der Waals surface area contributed by atoms with Crippen LogP contribution >= 0.6 is 23.2 Å². The molecular formula is C13H17Cl2NO3. The van der Waals surface area contributed by atoms with Crippen LogP contribution in [0.2, 0.25) is 5.02 Å². The Labute approximate surface area is 122 Å². The minimum atomic E-state index is -0.0935. The monoisotopic (exact) mass is 305 g/mol. The van der Waals surface area contributed by atoms with E-state index in [0.717, 1.165) is 5.56 Å². The first-order valence-electron chi connectivity index (χ1n) is 5.85. The zero-order chi connectivity index (χ0) is 14.4. The van der Waals surface area contributed by atoms with Gasteiger partial charge in [0.25, 0.3) is 0 Å². The number of hydrogen-bond donors (Lipinski definition) is 1. The van der Waals surface area contributed by atoms with Crippen molar-refractivity contribution in [1.82, 2.24) is 4.90 Å². The summed E-state index contributed by atoms with van der Waals surface area (Å²) in [6.07, 6.45) is 1.08. The molecule has 0 saturated heterocycles. The summed E-state index contributed by atoms with van der Waals surface area (Å²) in [6, 6.07) is 3.28. The van der Waals surface area contributed by atoms with Gasteiger partial charge in [-0.25, -0.2) is 0 Å². The Hall–Kier alpha value is -1.13. The number of phenolic OH excluding ortho intramolecular Hbond substituents is 1. The SMILES string of the molecule is COc1cc(CN(C)C(=O)CCCCl)cc(Cl)c1O. The Kier molecular flexibility index (Phi) is 6.25. The van der Waals surface area contributed by atoms with Gasteiger partial charge in [-0.1, -0.05) is 11.6 Å². The van der Waals surface area contributed by atoms with Crippen molar-refractivity contribution in [3.8, 4) is 11.5 Å². The number of methoxy groups -OCH3 is 1. The van der Waals surface area contributed by atoms with E-state index in [1.807, 2.05) is 0 Å². The molecule has 0 aliphatic carbocycles. The first kappa shape index (κ1) is 15.9. The largest absolute Gasteiger partial charge is 0.503 e. The second-order valence-electron chi connectivity index (χ2n) is 4.17. The molecule has 0 fully saturated rings. The lowest BCUT2D eigenvalue weighted by atomic mass is 10.2. The maximum atomic E-state index is 11.8. The molecule has 0 heterocycles. The molecule has 0 spiro atoms. The molecule has 6 heteroatoms. The molecule has 19 heavy (non-hydrogen) atoms. The molecule has 1 aromatic rings. The predicted octanol–water partition coefficient (Wildman–Crippen LogP) is 3.03. The lowest BCUT2D eigenvalue weighted by molar-refractivity contribution is -0.130. The van der Waals surface area contributed by atoms with Crippen LogP contribution in [0.1, 0.15) is 18.4 Å². The maximum Gasteiger partial charge on any atom is 0.222 e. The van der Waals surface area contributed by atoms with E-state index in [1.165, 1.54) is 7.11 Å². The number of ether oxygens (including phenoxy) is 1. The number of phenols is 1. The van der Waals surface area contributed by atoms with Gasteiger partial charge >= 0.3 is 0 Å². The Morgan fingerprint density at radius 1 is 1.47 bits per heavy atom. The van der Waals surface area contributed by atoms with Gasteiger partial charge in [0.2, 0.25) is 5.91 Å². The molecule has 1 rings (SSSR count). The lowest BCUT2D eigenvalue weighted by Crippen LogP contribution is -2.25. The molecule has 4 nitrogen and oxygen atoms in total. The number of carbonyl (C=O) groups excluding carboxylic acids is 1. The van der Waals surface area contributed by atoms with E-state index in [4.69, 9.17) is 27.9 Å². The fraction of sp³-hybridized carbons (Fsp3) is 0.462. The third-order valence-electron chi connectivity index (χ3n) is 2.68. The number of rotatable bonds is 6. The average Bonchev–Trinajstić information content (AvgIpc) is 2.39. The van der Waals surface area contributed by atoms with Gasteiger partial charge < -0.3 is 14.7 Å². The van der Waals surface area contributed by atoms with Crippen molar-refractivity contribution < 1.29 is 14.6 Å². The standard InChI is InChI=1S/C13H17Cl2NO3/c1-16(12(17)4-3-5-14)8-9-6-10(15)13(18)11(7-9)19-2/h6-7,18H,3-5,8H2,1-2H3. The van der Waals surface area contributed by atoms with Crippen LogP contribution in [0.4, 0.5) is 0 Å². The molecule has 0 aliphatic heterocycles. The van der Waals surface area contributed by atoms with Crippen LogP contribution in [-0.2, 0) is 11.3 Å². The number of carbonyl (C=O) groups is 1. The van der Waals surface area contributed by atoms with Crippen LogP contribution in [0.5, 0.6) is 11.5 Å². The van der Waals surface area contributed by atoms with Gasteiger partial charge in [0.05, 0.1) is 12.1 Å². The van der Waals surface area contributed by atoms with E-state index in [1.54, 1.807) is 24.1 Å². The highest BCUT2D eigenvalue weighted by molar-refractivity contribution is 6.32. The lowest BCUT2D eigenvalue weighted by Gasteiger charge is -2.18. The highest BCUT2D eigenvalue weighted by Gasteiger charge is 2.13. The van der Waals surface area contributed by atoms with E-state index in [9.17, 15) is 9.90 Å². The summed E-state index contributed by atoms with van der Waals surface area (Å²) in [5.41, 5.74) is 0.793. The van der Waals surface area contributed by atoms with Gasteiger partial charge in [-0.05, 0) is 24.1 Å². The third-order valence-corrected chi connectivity index (χ3v) is 3.23. The van der Waals surface area contributed by atoms with Crippen molar-refractivity contribution in [2.24, 2.45) is 0 Å². The van der Waals surface area contributed by atoms with Gasteiger partial charge in [-0.2, -0.15) is 0 Å². The molecule has 1 amide bonds. The van der Waals surface area contributed by atoms with Crippen molar-refractivity contribution in [2.75, 3.05) is 20.0 Å². The Morgan fingerprint density at radius 3 is 2.74 bits per heavy atom. The van der Waals surface area contributed by atoms with Crippen LogP contribution in [0, 0.1) is 0 Å². The Balaban J connectivity index is 2.76. The van der Waals surface area contributed by atoms with Crippen molar-refractivity contribution in [3.63, 3.8) is 0 Å². The summed E-state index contributed by atoms with van der Waals surface area (Å²) in [4.78, 5) is 13.4. The number of halogens is 2. The maximum absolute atomic E-state index is 11.8. The normalized spacial score (nSPS) is 10.3. The summed E-state index contributed by atoms with van der Waals surface area (Å²) < 4.78 is 5.02. The number of amides is 1. The fourth-order valence-corrected chi connectivity index (χ4v) is 2.01. The molecule has 0 aromatic heterocycles. The highest BCUT2D eigenvalue weighted by Crippen LogP contribution is 2.35. The summed E-state index contributed by atoms with van der Waals surface area (Å²) in [5.74, 6) is 0.690. The minimum Gasteiger partial charge on any atom is -0.503 e. The fourth-order valence-electron chi connectivity index (χ4n) is 1.65. The van der Waals surface area contributed by atoms with Crippen molar-refractivity contribution >= 4 is 29.1 Å². The molecule has 0 bridgehead atoms. The van der Waals surface area contributed by atoms with Gasteiger partial charge in [-0.3, -0.25) is 4.79 Å². The first-order chi connectivity index (χ1) is 8.99. The van der Waals surface area contributed by atoms with E-state index in [-0.39, 0.29) is 16.7 Å². The van der Waals surface area contributed by atoms with E-state index < -0.39 is 0 Å². The van der Waals surface area contributed by atoms with Crippen LogP contribution in [0.15, 0.2) is 12.1 Å². The summed E-state index contributed by atoms with van der Waals surface area (Å²) in [5, 5.41) is 9.83. The number of benzene rings is 1. The molecular weight excluding hydrogens is 289 g/mol. The molecule has 1 N–H and O–H groups in total. The number of alkyl halides is 1. The molecule has 0 atom stereocenters. The summed E-state index contributed by atoms with van der Waals surface area (Å²) >= 11 is 11.4. The van der Waals surface area contributed by atoms with Gasteiger partial charge in [0.15, 0.2) is 11.5 Å². The average molecular weight is 306 g/mol. The predicted molar refractivity (Wildman–Crippen MR) is 76.1 cm³/mol. The molecule has 0 unspecified atom stereocenters. The topological polar surface area (TPSA) is 49.8 Å². The smallest absolute Gasteiger partial charge is 0.222 e. The van der Waals surface area contributed by atoms with Crippen LogP contribution in [0.3, 0.4) is 0 Å². The van der Waals surface area contributed by atoms with Gasteiger partial charge in [0, 0.05) is 25.9 Å². The number of aromatic hydroxyl groups is 1. The minimum absolute atomic E-state index is 0.0174. The van der Waals surface area contributed by atoms with Crippen molar-refractivity contribution in [1.29, 1.82) is 0 Å². The van der Waals surface area contributed by atoms with Crippen LogP contribution in [-0.4, -0.2) is 36.0 Å². The zero-order valence-electron chi connectivity index (χ0n) is 10.9. The molecule has 0 radical (unpaired) electrons. The second-order valence-corrected chi connectivity index (χ2v) is 4.96. The molecule has 1 aromatic carbocycles. The number of nitrogens with zero attached hydrogens (tertiary/aromatic N) is 1. The third kappa shape index (κ3) is 4.48. The highest BCUT2D eigenvalue weighted by atomic mass is 35.5. The quantitative estimate of drug-likeness (QED) is 0.822. The molecule has 0 aliphatic rings.